The summed E-state index contributed by atoms with van der Waals surface area (Å²) in [6.07, 6.45) is 4.60. The fraction of sp³-hybridized carbons (Fsp3) is 0.286. The molecule has 2 heterocycles. The van der Waals surface area contributed by atoms with Gasteiger partial charge in [0.25, 0.3) is 0 Å². The van der Waals surface area contributed by atoms with Crippen molar-refractivity contribution in [1.29, 1.82) is 0 Å². The molecular weight excluding hydrogens is 256 g/mol. The highest BCUT2D eigenvalue weighted by molar-refractivity contribution is 5.93. The predicted octanol–water partition coefficient (Wildman–Crippen LogP) is 2.45. The summed E-state index contributed by atoms with van der Waals surface area (Å²) >= 11 is 0. The SMILES string of the molecule is CC(C)(C)Nc1nc(-c2cccnc2)ncc1C(=O)O. The van der Waals surface area contributed by atoms with Gasteiger partial charge in [-0.3, -0.25) is 4.98 Å². The van der Waals surface area contributed by atoms with E-state index >= 15 is 0 Å². The van der Waals surface area contributed by atoms with Crippen LogP contribution in [-0.4, -0.2) is 31.6 Å². The van der Waals surface area contributed by atoms with Gasteiger partial charge in [0.2, 0.25) is 0 Å². The second-order valence-electron chi connectivity index (χ2n) is 5.38. The standard InChI is InChI=1S/C14H16N4O2/c1-14(2,3)18-12-10(13(19)20)8-16-11(17-12)9-5-4-6-15-7-9/h4-8H,1-3H3,(H,19,20)(H,16,17,18). The number of nitrogens with zero attached hydrogens (tertiary/aromatic N) is 3. The fourth-order valence-electron chi connectivity index (χ4n) is 1.62. The normalized spacial score (nSPS) is 11.2. The summed E-state index contributed by atoms with van der Waals surface area (Å²) in [6, 6.07) is 3.60. The molecule has 2 aromatic rings. The first-order valence-electron chi connectivity index (χ1n) is 6.16. The topological polar surface area (TPSA) is 88.0 Å². The maximum Gasteiger partial charge on any atom is 0.341 e. The van der Waals surface area contributed by atoms with Crippen LogP contribution < -0.4 is 5.32 Å². The Morgan fingerprint density at radius 3 is 2.60 bits per heavy atom. The van der Waals surface area contributed by atoms with Crippen molar-refractivity contribution in [3.8, 4) is 11.4 Å². The molecule has 0 unspecified atom stereocenters. The molecular formula is C14H16N4O2. The summed E-state index contributed by atoms with van der Waals surface area (Å²) in [5.74, 6) is -0.316. The van der Waals surface area contributed by atoms with Crippen molar-refractivity contribution in [2.24, 2.45) is 0 Å². The quantitative estimate of drug-likeness (QED) is 0.892. The van der Waals surface area contributed by atoms with Crippen LogP contribution in [0.25, 0.3) is 11.4 Å². The van der Waals surface area contributed by atoms with Crippen LogP contribution in [0.4, 0.5) is 5.82 Å². The Labute approximate surface area is 116 Å². The van der Waals surface area contributed by atoms with Gasteiger partial charge >= 0.3 is 5.97 Å². The third kappa shape index (κ3) is 3.28. The van der Waals surface area contributed by atoms with Gasteiger partial charge in [-0.05, 0) is 32.9 Å². The molecule has 0 aromatic carbocycles. The van der Waals surface area contributed by atoms with Gasteiger partial charge in [-0.25, -0.2) is 14.8 Å². The summed E-state index contributed by atoms with van der Waals surface area (Å²) in [4.78, 5) is 23.6. The molecule has 0 aliphatic heterocycles. The summed E-state index contributed by atoms with van der Waals surface area (Å²) in [7, 11) is 0. The van der Waals surface area contributed by atoms with Crippen LogP contribution >= 0.6 is 0 Å². The Morgan fingerprint density at radius 2 is 2.05 bits per heavy atom. The van der Waals surface area contributed by atoms with Gasteiger partial charge < -0.3 is 10.4 Å². The lowest BCUT2D eigenvalue weighted by molar-refractivity contribution is 0.0697. The molecule has 0 fully saturated rings. The van der Waals surface area contributed by atoms with Gasteiger partial charge in [-0.1, -0.05) is 0 Å². The minimum Gasteiger partial charge on any atom is -0.477 e. The molecule has 0 aliphatic rings. The molecule has 0 saturated heterocycles. The number of carboxylic acid groups (broad SMARTS) is 1. The van der Waals surface area contributed by atoms with Gasteiger partial charge in [0, 0.05) is 29.7 Å². The maximum atomic E-state index is 11.2. The van der Waals surface area contributed by atoms with Gasteiger partial charge in [0.15, 0.2) is 5.82 Å². The molecule has 2 rings (SSSR count). The number of aromatic carboxylic acids is 1. The average Bonchev–Trinajstić information content (AvgIpc) is 2.37. The summed E-state index contributed by atoms with van der Waals surface area (Å²) in [5, 5.41) is 12.3. The Kier molecular flexibility index (Phi) is 3.65. The van der Waals surface area contributed by atoms with Crippen LogP contribution in [0.15, 0.2) is 30.7 Å². The van der Waals surface area contributed by atoms with Crippen LogP contribution in [0.2, 0.25) is 0 Å². The van der Waals surface area contributed by atoms with E-state index in [-0.39, 0.29) is 11.1 Å². The first-order chi connectivity index (χ1) is 9.37. The van der Waals surface area contributed by atoms with E-state index in [0.717, 1.165) is 5.56 Å². The molecule has 0 saturated carbocycles. The van der Waals surface area contributed by atoms with Gasteiger partial charge in [-0.15, -0.1) is 0 Å². The van der Waals surface area contributed by atoms with Crippen LogP contribution in [0.1, 0.15) is 31.1 Å². The molecule has 0 amide bonds. The van der Waals surface area contributed by atoms with E-state index in [1.54, 1.807) is 18.5 Å². The van der Waals surface area contributed by atoms with Gasteiger partial charge in [0.05, 0.1) is 0 Å². The zero-order valence-corrected chi connectivity index (χ0v) is 11.6. The van der Waals surface area contributed by atoms with Crippen molar-refractivity contribution in [3.63, 3.8) is 0 Å². The first kappa shape index (κ1) is 13.9. The monoisotopic (exact) mass is 272 g/mol. The number of hydrogen-bond acceptors (Lipinski definition) is 5. The Balaban J connectivity index is 2.48. The van der Waals surface area contributed by atoms with Crippen molar-refractivity contribution < 1.29 is 9.90 Å². The van der Waals surface area contributed by atoms with E-state index < -0.39 is 5.97 Å². The number of hydrogen-bond donors (Lipinski definition) is 2. The van der Waals surface area contributed by atoms with Crippen LogP contribution in [0.3, 0.4) is 0 Å². The molecule has 20 heavy (non-hydrogen) atoms. The van der Waals surface area contributed by atoms with Crippen molar-refractivity contribution in [3.05, 3.63) is 36.3 Å². The highest BCUT2D eigenvalue weighted by Crippen LogP contribution is 2.21. The van der Waals surface area contributed by atoms with E-state index in [1.807, 2.05) is 26.8 Å². The molecule has 2 N–H and O–H groups in total. The van der Waals surface area contributed by atoms with E-state index in [2.05, 4.69) is 20.3 Å². The zero-order chi connectivity index (χ0) is 14.8. The van der Waals surface area contributed by atoms with E-state index in [4.69, 9.17) is 0 Å². The molecule has 104 valence electrons. The minimum atomic E-state index is -1.06. The molecule has 0 bridgehead atoms. The smallest absolute Gasteiger partial charge is 0.341 e. The van der Waals surface area contributed by atoms with Gasteiger partial charge in [-0.2, -0.15) is 0 Å². The Bertz CT molecular complexity index is 621. The number of nitrogens with one attached hydrogen (secondary N) is 1. The maximum absolute atomic E-state index is 11.2. The summed E-state index contributed by atoms with van der Waals surface area (Å²) < 4.78 is 0. The predicted molar refractivity (Wildman–Crippen MR) is 75.6 cm³/mol. The van der Waals surface area contributed by atoms with Crippen LogP contribution in [0.5, 0.6) is 0 Å². The number of anilines is 1. The molecule has 6 nitrogen and oxygen atoms in total. The first-order valence-corrected chi connectivity index (χ1v) is 6.16. The second-order valence-corrected chi connectivity index (χ2v) is 5.38. The number of carbonyl (C=O) groups is 1. The number of aromatic nitrogens is 3. The Morgan fingerprint density at radius 1 is 1.30 bits per heavy atom. The molecule has 0 spiro atoms. The summed E-state index contributed by atoms with van der Waals surface area (Å²) in [5.41, 5.74) is 0.485. The lowest BCUT2D eigenvalue weighted by atomic mass is 10.1. The highest BCUT2D eigenvalue weighted by atomic mass is 16.4. The average molecular weight is 272 g/mol. The largest absolute Gasteiger partial charge is 0.477 e. The Hall–Kier alpha value is -2.50. The third-order valence-corrected chi connectivity index (χ3v) is 2.43. The fourth-order valence-corrected chi connectivity index (χ4v) is 1.62. The van der Waals surface area contributed by atoms with E-state index in [1.165, 1.54) is 6.20 Å². The molecule has 0 radical (unpaired) electrons. The van der Waals surface area contributed by atoms with E-state index in [9.17, 15) is 9.90 Å². The lowest BCUT2D eigenvalue weighted by Gasteiger charge is -2.22. The second kappa shape index (κ2) is 5.24. The van der Waals surface area contributed by atoms with Crippen molar-refractivity contribution in [2.45, 2.75) is 26.3 Å². The highest BCUT2D eigenvalue weighted by Gasteiger charge is 2.19. The molecule has 2 aromatic heterocycles. The number of pyridine rings is 1. The zero-order valence-electron chi connectivity index (χ0n) is 11.6. The number of rotatable bonds is 3. The minimum absolute atomic E-state index is 0.0487. The lowest BCUT2D eigenvalue weighted by Crippen LogP contribution is -2.28. The van der Waals surface area contributed by atoms with Crippen LogP contribution in [-0.2, 0) is 0 Å². The van der Waals surface area contributed by atoms with Crippen molar-refractivity contribution >= 4 is 11.8 Å². The molecule has 6 heteroatoms. The van der Waals surface area contributed by atoms with Crippen molar-refractivity contribution in [2.75, 3.05) is 5.32 Å². The van der Waals surface area contributed by atoms with Crippen LogP contribution in [0, 0.1) is 0 Å². The summed E-state index contributed by atoms with van der Waals surface area (Å²) in [6.45, 7) is 5.81. The van der Waals surface area contributed by atoms with Crippen molar-refractivity contribution in [1.82, 2.24) is 15.0 Å². The molecule has 0 aliphatic carbocycles. The molecule has 0 atom stereocenters. The van der Waals surface area contributed by atoms with E-state index in [0.29, 0.717) is 11.6 Å². The van der Waals surface area contributed by atoms with Gasteiger partial charge in [0.1, 0.15) is 11.4 Å². The third-order valence-electron chi connectivity index (χ3n) is 2.43. The number of carboxylic acids is 1.